The number of rotatable bonds is 11. The predicted molar refractivity (Wildman–Crippen MR) is 92.6 cm³/mol. The third-order valence-corrected chi connectivity index (χ3v) is 4.76. The zero-order chi connectivity index (χ0) is 14.6. The Balaban J connectivity index is 2.18. The molecule has 1 rings (SSSR count). The van der Waals surface area contributed by atoms with Gasteiger partial charge >= 0.3 is 0 Å². The molecular formula is C18H31NS. The van der Waals surface area contributed by atoms with Crippen molar-refractivity contribution in [2.24, 2.45) is 0 Å². The molecule has 0 radical (unpaired) electrons. The average Bonchev–Trinajstić information content (AvgIpc) is 2.47. The van der Waals surface area contributed by atoms with E-state index in [1.807, 2.05) is 11.8 Å². The van der Waals surface area contributed by atoms with Crippen molar-refractivity contribution in [3.63, 3.8) is 0 Å². The van der Waals surface area contributed by atoms with Crippen molar-refractivity contribution < 1.29 is 0 Å². The fourth-order valence-corrected chi connectivity index (χ4v) is 3.26. The highest BCUT2D eigenvalue weighted by Gasteiger charge is 2.03. The molecule has 0 fully saturated rings. The third-order valence-electron chi connectivity index (χ3n) is 3.66. The standard InChI is InChI=1S/C18H31NS/c1-4-6-7-8-9-10-15-20-18-13-11-17(12-14-18)16(3)19-5-2/h11-14,16,19H,4-10,15H2,1-3H3. The minimum Gasteiger partial charge on any atom is -0.310 e. The smallest absolute Gasteiger partial charge is 0.0291 e. The topological polar surface area (TPSA) is 12.0 Å². The average molecular weight is 294 g/mol. The van der Waals surface area contributed by atoms with Gasteiger partial charge in [-0.2, -0.15) is 0 Å². The van der Waals surface area contributed by atoms with Gasteiger partial charge in [0.25, 0.3) is 0 Å². The number of unbranched alkanes of at least 4 members (excludes halogenated alkanes) is 5. The minimum absolute atomic E-state index is 0.456. The Morgan fingerprint density at radius 1 is 0.950 bits per heavy atom. The molecule has 20 heavy (non-hydrogen) atoms. The SMILES string of the molecule is CCCCCCCCSc1ccc(C(C)NCC)cc1. The van der Waals surface area contributed by atoms with Crippen LogP contribution in [0.3, 0.4) is 0 Å². The molecule has 0 saturated heterocycles. The van der Waals surface area contributed by atoms with Gasteiger partial charge in [-0.25, -0.2) is 0 Å². The largest absolute Gasteiger partial charge is 0.310 e. The lowest BCUT2D eigenvalue weighted by Gasteiger charge is -2.13. The molecule has 1 unspecified atom stereocenters. The number of hydrogen-bond acceptors (Lipinski definition) is 2. The molecule has 0 amide bonds. The lowest BCUT2D eigenvalue weighted by atomic mass is 10.1. The number of benzene rings is 1. The van der Waals surface area contributed by atoms with Crippen molar-refractivity contribution in [2.45, 2.75) is 70.2 Å². The van der Waals surface area contributed by atoms with Gasteiger partial charge in [0, 0.05) is 10.9 Å². The maximum atomic E-state index is 3.45. The molecule has 1 nitrogen and oxygen atoms in total. The van der Waals surface area contributed by atoms with Crippen LogP contribution in [-0.4, -0.2) is 12.3 Å². The Hall–Kier alpha value is -0.470. The molecule has 0 aliphatic carbocycles. The zero-order valence-corrected chi connectivity index (χ0v) is 14.3. The molecule has 1 atom stereocenters. The van der Waals surface area contributed by atoms with Crippen molar-refractivity contribution in [3.05, 3.63) is 29.8 Å². The summed E-state index contributed by atoms with van der Waals surface area (Å²) in [4.78, 5) is 1.41. The zero-order valence-electron chi connectivity index (χ0n) is 13.5. The summed E-state index contributed by atoms with van der Waals surface area (Å²) in [5, 5.41) is 3.45. The van der Waals surface area contributed by atoms with Gasteiger partial charge in [-0.3, -0.25) is 0 Å². The second kappa shape index (κ2) is 11.2. The van der Waals surface area contributed by atoms with Gasteiger partial charge in [-0.15, -0.1) is 11.8 Å². The fraction of sp³-hybridized carbons (Fsp3) is 0.667. The second-order valence-corrected chi connectivity index (χ2v) is 6.63. The van der Waals surface area contributed by atoms with Crippen LogP contribution in [0.1, 0.15) is 70.9 Å². The van der Waals surface area contributed by atoms with E-state index >= 15 is 0 Å². The maximum Gasteiger partial charge on any atom is 0.0291 e. The van der Waals surface area contributed by atoms with Gasteiger partial charge in [0.15, 0.2) is 0 Å². The van der Waals surface area contributed by atoms with Crippen LogP contribution in [0, 0.1) is 0 Å². The molecular weight excluding hydrogens is 262 g/mol. The van der Waals surface area contributed by atoms with Crippen LogP contribution in [0.15, 0.2) is 29.2 Å². The van der Waals surface area contributed by atoms with E-state index in [1.54, 1.807) is 0 Å². The second-order valence-electron chi connectivity index (χ2n) is 5.46. The Kier molecular flexibility index (Phi) is 9.86. The Morgan fingerprint density at radius 2 is 1.60 bits per heavy atom. The lowest BCUT2D eigenvalue weighted by molar-refractivity contribution is 0.598. The molecule has 0 spiro atoms. The van der Waals surface area contributed by atoms with Gasteiger partial charge in [0.1, 0.15) is 0 Å². The highest BCUT2D eigenvalue weighted by atomic mass is 32.2. The van der Waals surface area contributed by atoms with Crippen LogP contribution < -0.4 is 5.32 Å². The van der Waals surface area contributed by atoms with Crippen LogP contribution in [0.5, 0.6) is 0 Å². The van der Waals surface area contributed by atoms with Crippen LogP contribution in [0.4, 0.5) is 0 Å². The molecule has 114 valence electrons. The monoisotopic (exact) mass is 293 g/mol. The Morgan fingerprint density at radius 3 is 2.25 bits per heavy atom. The molecule has 0 aromatic heterocycles. The van der Waals surface area contributed by atoms with Crippen molar-refractivity contribution in [1.29, 1.82) is 0 Å². The third kappa shape index (κ3) is 7.35. The van der Waals surface area contributed by atoms with E-state index in [4.69, 9.17) is 0 Å². The summed E-state index contributed by atoms with van der Waals surface area (Å²) in [7, 11) is 0. The Labute approximate surface area is 129 Å². The first-order chi connectivity index (χ1) is 9.77. The molecule has 1 aromatic rings. The normalized spacial score (nSPS) is 12.6. The quantitative estimate of drug-likeness (QED) is 0.408. The lowest BCUT2D eigenvalue weighted by Crippen LogP contribution is -2.17. The van der Waals surface area contributed by atoms with Crippen LogP contribution in [-0.2, 0) is 0 Å². The summed E-state index contributed by atoms with van der Waals surface area (Å²) in [6, 6.07) is 9.52. The van der Waals surface area contributed by atoms with E-state index < -0.39 is 0 Å². The van der Waals surface area contributed by atoms with Gasteiger partial charge in [0.2, 0.25) is 0 Å². The summed E-state index contributed by atoms with van der Waals surface area (Å²) < 4.78 is 0. The molecule has 0 heterocycles. The van der Waals surface area contributed by atoms with Crippen molar-refractivity contribution >= 4 is 11.8 Å². The van der Waals surface area contributed by atoms with Crippen LogP contribution in [0.25, 0.3) is 0 Å². The van der Waals surface area contributed by atoms with E-state index in [9.17, 15) is 0 Å². The van der Waals surface area contributed by atoms with Crippen molar-refractivity contribution in [3.8, 4) is 0 Å². The number of thioether (sulfide) groups is 1. The molecule has 0 saturated carbocycles. The summed E-state index contributed by atoms with van der Waals surface area (Å²) in [5.41, 5.74) is 1.38. The molecule has 0 aliphatic rings. The van der Waals surface area contributed by atoms with E-state index in [0.29, 0.717) is 6.04 Å². The molecule has 1 N–H and O–H groups in total. The minimum atomic E-state index is 0.456. The fourth-order valence-electron chi connectivity index (χ4n) is 2.35. The summed E-state index contributed by atoms with van der Waals surface area (Å²) >= 11 is 2.00. The van der Waals surface area contributed by atoms with E-state index in [2.05, 4.69) is 50.4 Å². The first-order valence-corrected chi connectivity index (χ1v) is 9.22. The van der Waals surface area contributed by atoms with Gasteiger partial charge in [0.05, 0.1) is 0 Å². The van der Waals surface area contributed by atoms with Gasteiger partial charge in [-0.05, 0) is 43.3 Å². The molecule has 2 heteroatoms. The van der Waals surface area contributed by atoms with Crippen LogP contribution in [0.2, 0.25) is 0 Å². The summed E-state index contributed by atoms with van der Waals surface area (Å²) in [6.45, 7) is 7.68. The maximum absolute atomic E-state index is 3.45. The molecule has 1 aromatic carbocycles. The Bertz CT molecular complexity index is 334. The highest BCUT2D eigenvalue weighted by Crippen LogP contribution is 2.22. The van der Waals surface area contributed by atoms with Crippen molar-refractivity contribution in [2.75, 3.05) is 12.3 Å². The number of nitrogens with one attached hydrogen (secondary N) is 1. The molecule has 0 aliphatic heterocycles. The summed E-state index contributed by atoms with van der Waals surface area (Å²) in [5.74, 6) is 1.26. The van der Waals surface area contributed by atoms with Gasteiger partial charge < -0.3 is 5.32 Å². The first kappa shape index (κ1) is 17.6. The van der Waals surface area contributed by atoms with Gasteiger partial charge in [-0.1, -0.05) is 58.1 Å². The highest BCUT2D eigenvalue weighted by molar-refractivity contribution is 7.99. The van der Waals surface area contributed by atoms with Crippen molar-refractivity contribution in [1.82, 2.24) is 5.32 Å². The summed E-state index contributed by atoms with van der Waals surface area (Å²) in [6.07, 6.45) is 8.31. The van der Waals surface area contributed by atoms with E-state index in [1.165, 1.54) is 54.7 Å². The van der Waals surface area contributed by atoms with E-state index in [0.717, 1.165) is 6.54 Å². The number of hydrogen-bond donors (Lipinski definition) is 1. The van der Waals surface area contributed by atoms with Crippen LogP contribution >= 0.6 is 11.8 Å². The first-order valence-electron chi connectivity index (χ1n) is 8.24. The van der Waals surface area contributed by atoms with E-state index in [-0.39, 0.29) is 0 Å². The molecule has 0 bridgehead atoms. The predicted octanol–water partition coefficient (Wildman–Crippen LogP) is 5.81.